The summed E-state index contributed by atoms with van der Waals surface area (Å²) >= 11 is 0. The Morgan fingerprint density at radius 1 is 1.07 bits per heavy atom. The van der Waals surface area contributed by atoms with Gasteiger partial charge in [-0.05, 0) is 67.5 Å². The summed E-state index contributed by atoms with van der Waals surface area (Å²) < 4.78 is 28.6. The molecule has 1 N–H and O–H groups in total. The van der Waals surface area contributed by atoms with Crippen LogP contribution in [0.4, 0.5) is 5.69 Å². The van der Waals surface area contributed by atoms with Crippen molar-refractivity contribution in [1.29, 1.82) is 0 Å². The molecule has 0 aliphatic heterocycles. The number of carbonyl (C=O) groups is 1. The van der Waals surface area contributed by atoms with E-state index >= 15 is 0 Å². The summed E-state index contributed by atoms with van der Waals surface area (Å²) in [6, 6.07) is 12.6. The second kappa shape index (κ2) is 8.13. The van der Waals surface area contributed by atoms with E-state index in [0.29, 0.717) is 18.8 Å². The molecule has 0 unspecified atom stereocenters. The third-order valence-electron chi connectivity index (χ3n) is 5.08. The normalized spacial score (nSPS) is 13.7. The molecular formula is C21H26N2O3S. The Kier molecular flexibility index (Phi) is 5.85. The van der Waals surface area contributed by atoms with Gasteiger partial charge in [-0.25, -0.2) is 8.42 Å². The van der Waals surface area contributed by atoms with E-state index in [0.717, 1.165) is 36.8 Å². The van der Waals surface area contributed by atoms with Gasteiger partial charge in [-0.2, -0.15) is 0 Å². The molecule has 144 valence electrons. The fraction of sp³-hybridized carbons (Fsp3) is 0.381. The number of carbonyl (C=O) groups excluding carboxylic acids is 1. The SMILES string of the molecule is CCN(Cc1ccccc1NS(=O)(=O)c1ccc2c(c1)CCCC2)C(C)=O. The zero-order chi connectivity index (χ0) is 19.4. The van der Waals surface area contributed by atoms with Gasteiger partial charge < -0.3 is 4.90 Å². The van der Waals surface area contributed by atoms with Crippen LogP contribution in [0.3, 0.4) is 0 Å². The maximum absolute atomic E-state index is 12.9. The number of hydrogen-bond donors (Lipinski definition) is 1. The highest BCUT2D eigenvalue weighted by atomic mass is 32.2. The topological polar surface area (TPSA) is 66.5 Å². The van der Waals surface area contributed by atoms with Crippen molar-refractivity contribution < 1.29 is 13.2 Å². The number of rotatable bonds is 6. The van der Waals surface area contributed by atoms with E-state index in [2.05, 4.69) is 4.72 Å². The lowest BCUT2D eigenvalue weighted by atomic mass is 9.92. The maximum atomic E-state index is 12.9. The molecule has 1 aliphatic carbocycles. The lowest BCUT2D eigenvalue weighted by Crippen LogP contribution is -2.28. The second-order valence-corrected chi connectivity index (χ2v) is 8.62. The minimum absolute atomic E-state index is 0.0372. The van der Waals surface area contributed by atoms with Crippen LogP contribution in [0, 0.1) is 0 Å². The molecule has 3 rings (SSSR count). The van der Waals surface area contributed by atoms with Crippen molar-refractivity contribution in [2.24, 2.45) is 0 Å². The molecule has 1 aliphatic rings. The van der Waals surface area contributed by atoms with Gasteiger partial charge in [-0.3, -0.25) is 9.52 Å². The highest BCUT2D eigenvalue weighted by molar-refractivity contribution is 7.92. The number of anilines is 1. The summed E-state index contributed by atoms with van der Waals surface area (Å²) in [5.41, 5.74) is 3.66. The Bertz CT molecular complexity index is 938. The van der Waals surface area contributed by atoms with Crippen LogP contribution in [0.15, 0.2) is 47.4 Å². The first kappa shape index (κ1) is 19.4. The molecule has 2 aromatic carbocycles. The van der Waals surface area contributed by atoms with E-state index in [1.165, 1.54) is 12.5 Å². The van der Waals surface area contributed by atoms with E-state index in [4.69, 9.17) is 0 Å². The Morgan fingerprint density at radius 2 is 1.78 bits per heavy atom. The van der Waals surface area contributed by atoms with Gasteiger partial charge in [0, 0.05) is 20.0 Å². The number of benzene rings is 2. The summed E-state index contributed by atoms with van der Waals surface area (Å²) in [6.07, 6.45) is 4.21. The lowest BCUT2D eigenvalue weighted by molar-refractivity contribution is -0.129. The number of aryl methyl sites for hydroxylation is 2. The standard InChI is InChI=1S/C21H26N2O3S/c1-3-23(16(2)24)15-19-10-6-7-11-21(19)22-27(25,26)20-13-12-17-8-4-5-9-18(17)14-20/h6-7,10-14,22H,3-5,8-9,15H2,1-2H3. The first-order valence-corrected chi connectivity index (χ1v) is 10.9. The molecule has 0 bridgehead atoms. The van der Waals surface area contributed by atoms with E-state index < -0.39 is 10.0 Å². The molecule has 0 heterocycles. The van der Waals surface area contributed by atoms with Crippen LogP contribution in [-0.4, -0.2) is 25.8 Å². The summed E-state index contributed by atoms with van der Waals surface area (Å²) in [7, 11) is -3.69. The molecule has 0 spiro atoms. The van der Waals surface area contributed by atoms with Crippen molar-refractivity contribution in [2.45, 2.75) is 51.0 Å². The van der Waals surface area contributed by atoms with Crippen LogP contribution in [0.25, 0.3) is 0 Å². The van der Waals surface area contributed by atoms with E-state index in [-0.39, 0.29) is 10.8 Å². The first-order chi connectivity index (χ1) is 12.9. The minimum Gasteiger partial charge on any atom is -0.339 e. The fourth-order valence-electron chi connectivity index (χ4n) is 3.49. The molecule has 6 heteroatoms. The Labute approximate surface area is 161 Å². The van der Waals surface area contributed by atoms with Crippen molar-refractivity contribution in [1.82, 2.24) is 4.90 Å². The van der Waals surface area contributed by atoms with Crippen molar-refractivity contribution in [2.75, 3.05) is 11.3 Å². The van der Waals surface area contributed by atoms with Crippen LogP contribution < -0.4 is 4.72 Å². The average molecular weight is 387 g/mol. The first-order valence-electron chi connectivity index (χ1n) is 9.38. The predicted molar refractivity (Wildman–Crippen MR) is 107 cm³/mol. The van der Waals surface area contributed by atoms with Gasteiger partial charge in [0.05, 0.1) is 10.6 Å². The smallest absolute Gasteiger partial charge is 0.261 e. The van der Waals surface area contributed by atoms with Crippen LogP contribution in [0.1, 0.15) is 43.4 Å². The molecule has 0 aromatic heterocycles. The van der Waals surface area contributed by atoms with E-state index in [1.807, 2.05) is 25.1 Å². The fourth-order valence-corrected chi connectivity index (χ4v) is 4.64. The van der Waals surface area contributed by atoms with Crippen molar-refractivity contribution in [3.8, 4) is 0 Å². The summed E-state index contributed by atoms with van der Waals surface area (Å²) in [6.45, 7) is 4.36. The molecule has 2 aromatic rings. The minimum atomic E-state index is -3.69. The zero-order valence-electron chi connectivity index (χ0n) is 15.9. The van der Waals surface area contributed by atoms with Crippen LogP contribution in [0.5, 0.6) is 0 Å². The monoisotopic (exact) mass is 386 g/mol. The third kappa shape index (κ3) is 4.50. The second-order valence-electron chi connectivity index (χ2n) is 6.93. The van der Waals surface area contributed by atoms with Gasteiger partial charge in [0.1, 0.15) is 0 Å². The summed E-state index contributed by atoms with van der Waals surface area (Å²) in [4.78, 5) is 13.7. The van der Waals surface area contributed by atoms with Gasteiger partial charge in [-0.1, -0.05) is 24.3 Å². The van der Waals surface area contributed by atoms with Gasteiger partial charge in [-0.15, -0.1) is 0 Å². The summed E-state index contributed by atoms with van der Waals surface area (Å²) in [5.74, 6) is -0.0372. The number of para-hydroxylation sites is 1. The molecule has 5 nitrogen and oxygen atoms in total. The maximum Gasteiger partial charge on any atom is 0.261 e. The molecule has 0 fully saturated rings. The number of sulfonamides is 1. The number of hydrogen-bond acceptors (Lipinski definition) is 3. The number of amides is 1. The predicted octanol–water partition coefficient (Wildman–Crippen LogP) is 3.73. The number of nitrogens with one attached hydrogen (secondary N) is 1. The molecule has 0 atom stereocenters. The quantitative estimate of drug-likeness (QED) is 0.822. The van der Waals surface area contributed by atoms with Crippen LogP contribution >= 0.6 is 0 Å². The number of fused-ring (bicyclic) bond motifs is 1. The molecule has 1 amide bonds. The van der Waals surface area contributed by atoms with Crippen LogP contribution in [-0.2, 0) is 34.2 Å². The van der Waals surface area contributed by atoms with Crippen molar-refractivity contribution in [3.05, 3.63) is 59.2 Å². The molecule has 0 saturated heterocycles. The lowest BCUT2D eigenvalue weighted by Gasteiger charge is -2.21. The Hall–Kier alpha value is -2.34. The number of nitrogens with zero attached hydrogens (tertiary/aromatic N) is 1. The average Bonchev–Trinajstić information content (AvgIpc) is 2.66. The third-order valence-corrected chi connectivity index (χ3v) is 6.44. The van der Waals surface area contributed by atoms with Gasteiger partial charge >= 0.3 is 0 Å². The highest BCUT2D eigenvalue weighted by Gasteiger charge is 2.19. The summed E-state index contributed by atoms with van der Waals surface area (Å²) in [5, 5.41) is 0. The van der Waals surface area contributed by atoms with E-state index in [1.54, 1.807) is 29.2 Å². The Balaban J connectivity index is 1.87. The van der Waals surface area contributed by atoms with Gasteiger partial charge in [0.15, 0.2) is 0 Å². The molecule has 0 saturated carbocycles. The highest BCUT2D eigenvalue weighted by Crippen LogP contribution is 2.26. The molecular weight excluding hydrogens is 360 g/mol. The Morgan fingerprint density at radius 3 is 2.48 bits per heavy atom. The van der Waals surface area contributed by atoms with Crippen molar-refractivity contribution >= 4 is 21.6 Å². The zero-order valence-corrected chi connectivity index (χ0v) is 16.7. The van der Waals surface area contributed by atoms with E-state index in [9.17, 15) is 13.2 Å². The largest absolute Gasteiger partial charge is 0.339 e. The molecule has 27 heavy (non-hydrogen) atoms. The van der Waals surface area contributed by atoms with Crippen molar-refractivity contribution in [3.63, 3.8) is 0 Å². The van der Waals surface area contributed by atoms with Gasteiger partial charge in [0.2, 0.25) is 5.91 Å². The van der Waals surface area contributed by atoms with Gasteiger partial charge in [0.25, 0.3) is 10.0 Å². The molecule has 0 radical (unpaired) electrons. The van der Waals surface area contributed by atoms with Crippen LogP contribution in [0.2, 0.25) is 0 Å².